The van der Waals surface area contributed by atoms with Crippen molar-refractivity contribution in [1.29, 1.82) is 0 Å². The average Bonchev–Trinajstić information content (AvgIpc) is 2.88. The van der Waals surface area contributed by atoms with E-state index in [0.29, 0.717) is 12.3 Å². The molecule has 1 aromatic carbocycles. The summed E-state index contributed by atoms with van der Waals surface area (Å²) < 4.78 is 7.67. The number of imidazole rings is 1. The number of nitrogens with zero attached hydrogens (tertiary/aromatic N) is 2. The molecule has 0 saturated heterocycles. The highest BCUT2D eigenvalue weighted by molar-refractivity contribution is 5.59. The maximum absolute atomic E-state index is 5.91. The van der Waals surface area contributed by atoms with Crippen molar-refractivity contribution in [2.45, 2.75) is 32.9 Å². The van der Waals surface area contributed by atoms with Gasteiger partial charge in [0.15, 0.2) is 0 Å². The lowest BCUT2D eigenvalue weighted by Crippen LogP contribution is -2.21. The second-order valence-electron chi connectivity index (χ2n) is 4.94. The molecule has 0 saturated carbocycles. The Balaban J connectivity index is 1.98. The molecule has 1 aromatic heterocycles. The molecule has 0 aliphatic heterocycles. The molecule has 0 amide bonds. The van der Waals surface area contributed by atoms with Gasteiger partial charge in [0.25, 0.3) is 0 Å². The molecule has 108 valence electrons. The van der Waals surface area contributed by atoms with E-state index in [0.717, 1.165) is 24.4 Å². The third-order valence-corrected chi connectivity index (χ3v) is 2.86. The minimum Gasteiger partial charge on any atom is -0.493 e. The third-order valence-electron chi connectivity index (χ3n) is 2.86. The minimum atomic E-state index is 0.269. The van der Waals surface area contributed by atoms with Gasteiger partial charge in [-0.05, 0) is 19.4 Å². The molecule has 1 unspecified atom stereocenters. The van der Waals surface area contributed by atoms with Crippen molar-refractivity contribution < 1.29 is 4.74 Å². The van der Waals surface area contributed by atoms with Gasteiger partial charge in [0.05, 0.1) is 12.9 Å². The zero-order chi connectivity index (χ0) is 14.4. The van der Waals surface area contributed by atoms with Crippen molar-refractivity contribution in [1.82, 2.24) is 9.55 Å². The van der Waals surface area contributed by atoms with Gasteiger partial charge in [-0.15, -0.1) is 0 Å². The van der Waals surface area contributed by atoms with Crippen molar-refractivity contribution in [3.8, 4) is 5.75 Å². The summed E-state index contributed by atoms with van der Waals surface area (Å²) >= 11 is 0. The van der Waals surface area contributed by atoms with E-state index in [9.17, 15) is 0 Å². The first-order chi connectivity index (χ1) is 9.67. The van der Waals surface area contributed by atoms with Gasteiger partial charge in [0, 0.05) is 48.5 Å². The first-order valence-corrected chi connectivity index (χ1v) is 6.93. The molecular formula is C15H22N4O. The Labute approximate surface area is 119 Å². The van der Waals surface area contributed by atoms with Crippen LogP contribution in [0.25, 0.3) is 0 Å². The number of rotatable bonds is 7. The molecule has 0 aliphatic carbocycles. The summed E-state index contributed by atoms with van der Waals surface area (Å²) in [5, 5.41) is 3.43. The Morgan fingerprint density at radius 3 is 2.95 bits per heavy atom. The molecule has 2 rings (SSSR count). The predicted octanol–water partition coefficient (Wildman–Crippen LogP) is 2.75. The highest BCUT2D eigenvalue weighted by Crippen LogP contribution is 2.23. The smallest absolute Gasteiger partial charge is 0.123 e. The van der Waals surface area contributed by atoms with Crippen molar-refractivity contribution in [2.24, 2.45) is 0 Å². The van der Waals surface area contributed by atoms with Crippen molar-refractivity contribution in [2.75, 3.05) is 17.7 Å². The van der Waals surface area contributed by atoms with E-state index in [-0.39, 0.29) is 6.04 Å². The molecular weight excluding hydrogens is 252 g/mol. The second kappa shape index (κ2) is 6.84. The van der Waals surface area contributed by atoms with Gasteiger partial charge in [0.2, 0.25) is 0 Å². The summed E-state index contributed by atoms with van der Waals surface area (Å²) in [7, 11) is 0. The molecule has 1 atom stereocenters. The van der Waals surface area contributed by atoms with Crippen molar-refractivity contribution >= 4 is 11.4 Å². The number of nitrogens with one attached hydrogen (secondary N) is 1. The average molecular weight is 274 g/mol. The lowest BCUT2D eigenvalue weighted by molar-refractivity contribution is 0.318. The highest BCUT2D eigenvalue weighted by Gasteiger charge is 2.05. The number of anilines is 2. The summed E-state index contributed by atoms with van der Waals surface area (Å²) in [6, 6.07) is 6.02. The second-order valence-corrected chi connectivity index (χ2v) is 4.94. The molecule has 0 spiro atoms. The monoisotopic (exact) mass is 274 g/mol. The van der Waals surface area contributed by atoms with E-state index >= 15 is 0 Å². The SMILES string of the molecule is CCCOc1cc(N)cc(NC(C)Cn2ccnc2)c1. The number of ether oxygens (including phenoxy) is 1. The number of benzene rings is 1. The van der Waals surface area contributed by atoms with Gasteiger partial charge in [-0.25, -0.2) is 4.98 Å². The van der Waals surface area contributed by atoms with Gasteiger partial charge in [-0.1, -0.05) is 6.92 Å². The van der Waals surface area contributed by atoms with Gasteiger partial charge in [-0.3, -0.25) is 0 Å². The minimum absolute atomic E-state index is 0.269. The largest absolute Gasteiger partial charge is 0.493 e. The van der Waals surface area contributed by atoms with Crippen LogP contribution in [0.2, 0.25) is 0 Å². The molecule has 5 heteroatoms. The summed E-state index contributed by atoms with van der Waals surface area (Å²) in [6.45, 7) is 5.75. The van der Waals surface area contributed by atoms with E-state index in [1.807, 2.05) is 35.3 Å². The quantitative estimate of drug-likeness (QED) is 0.762. The van der Waals surface area contributed by atoms with Crippen LogP contribution in [0.5, 0.6) is 5.75 Å². The van der Waals surface area contributed by atoms with Gasteiger partial charge < -0.3 is 20.4 Å². The van der Waals surface area contributed by atoms with Gasteiger partial charge >= 0.3 is 0 Å². The van der Waals surface area contributed by atoms with E-state index < -0.39 is 0 Å². The predicted molar refractivity (Wildman–Crippen MR) is 82.0 cm³/mol. The van der Waals surface area contributed by atoms with E-state index in [1.165, 1.54) is 0 Å². The number of nitrogens with two attached hydrogens (primary N) is 1. The summed E-state index contributed by atoms with van der Waals surface area (Å²) in [4.78, 5) is 4.04. The number of nitrogen functional groups attached to an aromatic ring is 1. The fraction of sp³-hybridized carbons (Fsp3) is 0.400. The molecule has 3 N–H and O–H groups in total. The van der Waals surface area contributed by atoms with Crippen LogP contribution in [0.15, 0.2) is 36.9 Å². The van der Waals surface area contributed by atoms with E-state index in [2.05, 4.69) is 24.1 Å². The standard InChI is InChI=1S/C15H22N4O/c1-3-6-20-15-8-13(16)7-14(9-15)18-12(2)10-19-5-4-17-11-19/h4-5,7-9,11-12,18H,3,6,10,16H2,1-2H3. The zero-order valence-electron chi connectivity index (χ0n) is 12.0. The van der Waals surface area contributed by atoms with Crippen LogP contribution in [-0.4, -0.2) is 22.2 Å². The van der Waals surface area contributed by atoms with E-state index in [1.54, 1.807) is 6.20 Å². The molecule has 2 aromatic rings. The summed E-state index contributed by atoms with van der Waals surface area (Å²) in [6.07, 6.45) is 6.53. The van der Waals surface area contributed by atoms with Crippen LogP contribution in [-0.2, 0) is 6.54 Å². The van der Waals surface area contributed by atoms with Gasteiger partial charge in [-0.2, -0.15) is 0 Å². The first kappa shape index (κ1) is 14.2. The lowest BCUT2D eigenvalue weighted by atomic mass is 10.2. The fourth-order valence-corrected chi connectivity index (χ4v) is 2.05. The molecule has 0 fully saturated rings. The number of hydrogen-bond donors (Lipinski definition) is 2. The Bertz CT molecular complexity index is 525. The first-order valence-electron chi connectivity index (χ1n) is 6.93. The molecule has 5 nitrogen and oxygen atoms in total. The number of hydrogen-bond acceptors (Lipinski definition) is 4. The Morgan fingerprint density at radius 1 is 1.40 bits per heavy atom. The Kier molecular flexibility index (Phi) is 4.87. The third kappa shape index (κ3) is 4.19. The lowest BCUT2D eigenvalue weighted by Gasteiger charge is -2.17. The van der Waals surface area contributed by atoms with Crippen molar-refractivity contribution in [3.05, 3.63) is 36.9 Å². The highest BCUT2D eigenvalue weighted by atomic mass is 16.5. The van der Waals surface area contributed by atoms with Crippen LogP contribution >= 0.6 is 0 Å². The van der Waals surface area contributed by atoms with Crippen molar-refractivity contribution in [3.63, 3.8) is 0 Å². The zero-order valence-corrected chi connectivity index (χ0v) is 12.0. The van der Waals surface area contributed by atoms with E-state index in [4.69, 9.17) is 10.5 Å². The van der Waals surface area contributed by atoms with Gasteiger partial charge in [0.1, 0.15) is 5.75 Å². The Morgan fingerprint density at radius 2 is 2.25 bits per heavy atom. The summed E-state index contributed by atoms with van der Waals surface area (Å²) in [5.74, 6) is 0.809. The molecule has 0 aliphatic rings. The molecule has 1 heterocycles. The topological polar surface area (TPSA) is 65.1 Å². The molecule has 20 heavy (non-hydrogen) atoms. The van der Waals surface area contributed by atoms with Crippen LogP contribution in [0, 0.1) is 0 Å². The maximum atomic E-state index is 5.91. The molecule has 0 bridgehead atoms. The number of aromatic nitrogens is 2. The summed E-state index contributed by atoms with van der Waals surface area (Å²) in [5.41, 5.74) is 7.59. The van der Waals surface area contributed by atoms with Crippen LogP contribution < -0.4 is 15.8 Å². The molecule has 0 radical (unpaired) electrons. The Hall–Kier alpha value is -2.17. The van der Waals surface area contributed by atoms with Crippen LogP contribution in [0.1, 0.15) is 20.3 Å². The normalized spacial score (nSPS) is 12.1. The van der Waals surface area contributed by atoms with Crippen LogP contribution in [0.4, 0.5) is 11.4 Å². The maximum Gasteiger partial charge on any atom is 0.123 e. The fourth-order valence-electron chi connectivity index (χ4n) is 2.05. The van der Waals surface area contributed by atoms with Crippen LogP contribution in [0.3, 0.4) is 0 Å².